The summed E-state index contributed by atoms with van der Waals surface area (Å²) in [5.41, 5.74) is 0. The van der Waals surface area contributed by atoms with Crippen molar-refractivity contribution in [3.05, 3.63) is 0 Å². The highest BCUT2D eigenvalue weighted by Crippen LogP contribution is 2.43. The second-order valence-electron chi connectivity index (χ2n) is 9.50. The van der Waals surface area contributed by atoms with Crippen molar-refractivity contribution in [2.45, 2.75) is 63.1 Å². The molecule has 5 fully saturated rings. The molecular formula is C22H33N5O6. The lowest BCUT2D eigenvalue weighted by atomic mass is 9.72. The molecule has 5 rings (SSSR count). The Bertz CT molecular complexity index is 805. The van der Waals surface area contributed by atoms with Gasteiger partial charge < -0.3 is 30.9 Å². The first-order chi connectivity index (χ1) is 15.9. The average molecular weight is 464 g/mol. The number of aliphatic carboxylic acids is 1. The molecule has 0 aromatic carbocycles. The molecule has 182 valence electrons. The highest BCUT2D eigenvalue weighted by atomic mass is 16.4. The Balaban J connectivity index is 1.33. The van der Waals surface area contributed by atoms with Crippen molar-refractivity contribution >= 4 is 29.6 Å². The minimum atomic E-state index is -1.19. The van der Waals surface area contributed by atoms with E-state index in [1.165, 1.54) is 0 Å². The van der Waals surface area contributed by atoms with Crippen LogP contribution in [0.2, 0.25) is 0 Å². The first-order valence-corrected chi connectivity index (χ1v) is 12.0. The van der Waals surface area contributed by atoms with Gasteiger partial charge in [-0.05, 0) is 57.5 Å². The summed E-state index contributed by atoms with van der Waals surface area (Å²) in [5, 5.41) is 18.0. The number of carboxylic acid groups (broad SMARTS) is 1. The van der Waals surface area contributed by atoms with Gasteiger partial charge in [-0.1, -0.05) is 0 Å². The number of piperazine rings is 1. The molecule has 33 heavy (non-hydrogen) atoms. The SMILES string of the molecule is O=C(O)C[C@H]1C(=O)N2C3CCC(CC3)[C@H]2C(=O)N1CC(=O)NCCNC(=O)C1CCNCC1. The molecular weight excluding hydrogens is 430 g/mol. The van der Waals surface area contributed by atoms with Crippen LogP contribution < -0.4 is 16.0 Å². The summed E-state index contributed by atoms with van der Waals surface area (Å²) in [6.45, 7) is 1.71. The smallest absolute Gasteiger partial charge is 0.305 e. The molecule has 4 N–H and O–H groups in total. The van der Waals surface area contributed by atoms with Crippen molar-refractivity contribution in [3.8, 4) is 0 Å². The molecule has 0 radical (unpaired) electrons. The monoisotopic (exact) mass is 463 g/mol. The molecule has 4 amide bonds. The Morgan fingerprint density at radius 3 is 2.27 bits per heavy atom. The van der Waals surface area contributed by atoms with Crippen molar-refractivity contribution in [2.24, 2.45) is 11.8 Å². The number of fused-ring (bicyclic) bond motifs is 2. The van der Waals surface area contributed by atoms with E-state index in [2.05, 4.69) is 16.0 Å². The van der Waals surface area contributed by atoms with E-state index >= 15 is 0 Å². The summed E-state index contributed by atoms with van der Waals surface area (Å²) in [6, 6.07) is -1.78. The van der Waals surface area contributed by atoms with Gasteiger partial charge >= 0.3 is 5.97 Å². The van der Waals surface area contributed by atoms with Gasteiger partial charge in [0.25, 0.3) is 0 Å². The van der Waals surface area contributed by atoms with Crippen molar-refractivity contribution in [2.75, 3.05) is 32.7 Å². The van der Waals surface area contributed by atoms with E-state index in [0.29, 0.717) is 0 Å². The number of amides is 4. The molecule has 5 aliphatic rings. The van der Waals surface area contributed by atoms with E-state index in [9.17, 15) is 29.1 Å². The molecule has 0 spiro atoms. The number of rotatable bonds is 8. The first kappa shape index (κ1) is 23.5. The van der Waals surface area contributed by atoms with Gasteiger partial charge in [-0.25, -0.2) is 0 Å². The van der Waals surface area contributed by atoms with Crippen LogP contribution in [0.3, 0.4) is 0 Å². The third kappa shape index (κ3) is 4.97. The summed E-state index contributed by atoms with van der Waals surface area (Å²) in [6.07, 6.45) is 4.46. The van der Waals surface area contributed by atoms with Gasteiger partial charge in [0.05, 0.1) is 6.42 Å². The van der Waals surface area contributed by atoms with E-state index in [-0.39, 0.29) is 55.2 Å². The van der Waals surface area contributed by atoms with E-state index < -0.39 is 30.4 Å². The number of nitrogens with one attached hydrogen (secondary N) is 3. The Hall–Kier alpha value is -2.69. The lowest BCUT2D eigenvalue weighted by Crippen LogP contribution is -2.72. The predicted molar refractivity (Wildman–Crippen MR) is 116 cm³/mol. The van der Waals surface area contributed by atoms with Gasteiger partial charge in [0.15, 0.2) is 0 Å². The Morgan fingerprint density at radius 2 is 1.61 bits per heavy atom. The Morgan fingerprint density at radius 1 is 0.939 bits per heavy atom. The number of nitrogens with zero attached hydrogens (tertiary/aromatic N) is 2. The van der Waals surface area contributed by atoms with Gasteiger partial charge in [0.1, 0.15) is 18.6 Å². The molecule has 4 heterocycles. The quantitative estimate of drug-likeness (QED) is 0.326. The van der Waals surface area contributed by atoms with Crippen LogP contribution in [0, 0.1) is 11.8 Å². The molecule has 1 saturated carbocycles. The van der Waals surface area contributed by atoms with Crippen LogP contribution in [0.25, 0.3) is 0 Å². The van der Waals surface area contributed by atoms with Crippen LogP contribution in [0.1, 0.15) is 44.9 Å². The largest absolute Gasteiger partial charge is 0.481 e. The maximum Gasteiger partial charge on any atom is 0.305 e. The zero-order chi connectivity index (χ0) is 23.5. The van der Waals surface area contributed by atoms with Crippen LogP contribution in [0.15, 0.2) is 0 Å². The van der Waals surface area contributed by atoms with Gasteiger partial charge in [-0.3, -0.25) is 24.0 Å². The molecule has 4 saturated heterocycles. The number of carbonyl (C=O) groups excluding carboxylic acids is 4. The van der Waals surface area contributed by atoms with Crippen LogP contribution >= 0.6 is 0 Å². The first-order valence-electron chi connectivity index (χ1n) is 12.0. The lowest BCUT2D eigenvalue weighted by Gasteiger charge is -2.56. The second-order valence-corrected chi connectivity index (χ2v) is 9.50. The van der Waals surface area contributed by atoms with E-state index in [1.807, 2.05) is 0 Å². The third-order valence-electron chi connectivity index (χ3n) is 7.47. The molecule has 2 bridgehead atoms. The van der Waals surface area contributed by atoms with Gasteiger partial charge in [-0.2, -0.15) is 0 Å². The Labute approximate surface area is 192 Å². The number of carbonyl (C=O) groups is 5. The number of piperidine rings is 3. The normalized spacial score (nSPS) is 29.6. The molecule has 11 nitrogen and oxygen atoms in total. The van der Waals surface area contributed by atoms with Gasteiger partial charge in [0, 0.05) is 25.0 Å². The maximum absolute atomic E-state index is 13.3. The molecule has 0 unspecified atom stereocenters. The summed E-state index contributed by atoms with van der Waals surface area (Å²) in [4.78, 5) is 65.4. The highest BCUT2D eigenvalue weighted by Gasteiger charge is 2.55. The van der Waals surface area contributed by atoms with Crippen LogP contribution in [0.4, 0.5) is 0 Å². The maximum atomic E-state index is 13.3. The minimum absolute atomic E-state index is 0.0210. The second kappa shape index (κ2) is 10.1. The third-order valence-corrected chi connectivity index (χ3v) is 7.47. The summed E-state index contributed by atoms with van der Waals surface area (Å²) < 4.78 is 0. The van der Waals surface area contributed by atoms with Gasteiger partial charge in [-0.15, -0.1) is 0 Å². The van der Waals surface area contributed by atoms with Crippen LogP contribution in [-0.2, 0) is 24.0 Å². The molecule has 2 atom stereocenters. The predicted octanol–water partition coefficient (Wildman–Crippen LogP) is -1.33. The van der Waals surface area contributed by atoms with E-state index in [1.54, 1.807) is 4.90 Å². The van der Waals surface area contributed by atoms with Crippen molar-refractivity contribution in [3.63, 3.8) is 0 Å². The molecule has 0 aromatic heterocycles. The average Bonchev–Trinajstić information content (AvgIpc) is 2.82. The zero-order valence-electron chi connectivity index (χ0n) is 18.8. The minimum Gasteiger partial charge on any atom is -0.481 e. The van der Waals surface area contributed by atoms with Crippen LogP contribution in [0.5, 0.6) is 0 Å². The number of carboxylic acids is 1. The summed E-state index contributed by atoms with van der Waals surface area (Å²) >= 11 is 0. The van der Waals surface area contributed by atoms with Crippen LogP contribution in [-0.4, -0.2) is 95.4 Å². The molecule has 0 aromatic rings. The highest BCUT2D eigenvalue weighted by molar-refractivity contribution is 6.01. The van der Waals surface area contributed by atoms with Gasteiger partial charge in [0.2, 0.25) is 23.6 Å². The van der Waals surface area contributed by atoms with E-state index in [0.717, 1.165) is 56.5 Å². The van der Waals surface area contributed by atoms with E-state index in [4.69, 9.17) is 0 Å². The Kier molecular flexibility index (Phi) is 7.16. The van der Waals surface area contributed by atoms with Crippen molar-refractivity contribution in [1.29, 1.82) is 0 Å². The topological polar surface area (TPSA) is 148 Å². The standard InChI is InChI=1S/C22H33N5O6/c28-17(24-9-10-25-20(31)14-5-7-23-8-6-14)12-26-16(11-18(29)30)21(32)27-15-3-1-13(2-4-15)19(27)22(26)33/h13-16,19,23H,1-12H2,(H,24,28)(H,25,31)(H,29,30)/t13?,15?,16-,19-/m0/s1. The molecule has 4 aliphatic heterocycles. The fourth-order valence-electron chi connectivity index (χ4n) is 5.79. The fourth-order valence-corrected chi connectivity index (χ4v) is 5.79. The van der Waals surface area contributed by atoms with Crippen molar-refractivity contribution < 1.29 is 29.1 Å². The zero-order valence-corrected chi connectivity index (χ0v) is 18.8. The number of hydrogen-bond donors (Lipinski definition) is 4. The molecule has 1 aliphatic carbocycles. The summed E-state index contributed by atoms with van der Waals surface area (Å²) in [5.74, 6) is -2.35. The molecule has 11 heteroatoms. The summed E-state index contributed by atoms with van der Waals surface area (Å²) in [7, 11) is 0. The lowest BCUT2D eigenvalue weighted by molar-refractivity contribution is -0.177. The fraction of sp³-hybridized carbons (Fsp3) is 0.773. The number of hydrogen-bond acceptors (Lipinski definition) is 6. The van der Waals surface area contributed by atoms with Crippen molar-refractivity contribution in [1.82, 2.24) is 25.8 Å².